The van der Waals surface area contributed by atoms with Crippen molar-refractivity contribution in [1.82, 2.24) is 9.97 Å². The molecule has 37 heavy (non-hydrogen) atoms. The predicted molar refractivity (Wildman–Crippen MR) is 153 cm³/mol. The van der Waals surface area contributed by atoms with Gasteiger partial charge in [0.15, 0.2) is 5.13 Å². The molecule has 0 radical (unpaired) electrons. The minimum Gasteiger partial charge on any atom is -0.279 e. The summed E-state index contributed by atoms with van der Waals surface area (Å²) in [6.45, 7) is 2.56. The van der Waals surface area contributed by atoms with E-state index in [1.54, 1.807) is 11.3 Å². The first kappa shape index (κ1) is 23.1. The van der Waals surface area contributed by atoms with Crippen molar-refractivity contribution in [3.63, 3.8) is 0 Å². The van der Waals surface area contributed by atoms with E-state index in [0.29, 0.717) is 17.2 Å². The van der Waals surface area contributed by atoms with Crippen LogP contribution in [0.1, 0.15) is 28.4 Å². The summed E-state index contributed by atoms with van der Waals surface area (Å²) in [5.74, 6) is -0.0864. The first-order chi connectivity index (χ1) is 18.2. The van der Waals surface area contributed by atoms with Gasteiger partial charge in [0.2, 0.25) is 0 Å². The molecule has 0 N–H and O–H groups in total. The zero-order chi connectivity index (χ0) is 25.2. The zero-order valence-electron chi connectivity index (χ0n) is 20.5. The lowest BCUT2D eigenvalue weighted by molar-refractivity contribution is 0.0986. The second-order valence-electron chi connectivity index (χ2n) is 8.93. The number of carbonyl (C=O) groups excluding carboxylic acids is 1. The molecule has 0 aliphatic rings. The van der Waals surface area contributed by atoms with Crippen LogP contribution in [0.15, 0.2) is 109 Å². The number of thiazole rings is 1. The molecule has 6 aromatic rings. The summed E-state index contributed by atoms with van der Waals surface area (Å²) < 4.78 is 1.09. The molecule has 5 heteroatoms. The molecular formula is C32H25N3OS. The first-order valence-corrected chi connectivity index (χ1v) is 13.2. The van der Waals surface area contributed by atoms with Gasteiger partial charge in [0.1, 0.15) is 0 Å². The van der Waals surface area contributed by atoms with E-state index in [9.17, 15) is 4.79 Å². The van der Waals surface area contributed by atoms with Crippen molar-refractivity contribution < 1.29 is 4.79 Å². The fraction of sp³-hybridized carbons (Fsp3) is 0.0938. The third kappa shape index (κ3) is 4.50. The number of fused-ring (bicyclic) bond motifs is 2. The number of carbonyl (C=O) groups is 1. The van der Waals surface area contributed by atoms with E-state index < -0.39 is 0 Å². The van der Waals surface area contributed by atoms with E-state index in [0.717, 1.165) is 44.4 Å². The maximum absolute atomic E-state index is 14.4. The number of para-hydroxylation sites is 2. The Kier molecular flexibility index (Phi) is 6.21. The molecule has 2 aromatic heterocycles. The maximum Gasteiger partial charge on any atom is 0.261 e. The summed E-state index contributed by atoms with van der Waals surface area (Å²) >= 11 is 1.56. The molecule has 0 aliphatic carbocycles. The number of benzene rings is 4. The summed E-state index contributed by atoms with van der Waals surface area (Å²) in [5, 5.41) is 1.53. The van der Waals surface area contributed by atoms with Gasteiger partial charge in [0.05, 0.1) is 33.5 Å². The van der Waals surface area contributed by atoms with Crippen molar-refractivity contribution in [3.05, 3.63) is 126 Å². The molecule has 0 bridgehead atoms. The molecule has 0 fully saturated rings. The normalized spacial score (nSPS) is 11.2. The number of hydrogen-bond donors (Lipinski definition) is 0. The van der Waals surface area contributed by atoms with Gasteiger partial charge in [-0.3, -0.25) is 9.69 Å². The Labute approximate surface area is 219 Å². The summed E-state index contributed by atoms with van der Waals surface area (Å²) in [6, 6.07) is 36.1. The van der Waals surface area contributed by atoms with Crippen molar-refractivity contribution in [2.75, 3.05) is 4.90 Å². The second-order valence-corrected chi connectivity index (χ2v) is 9.94. The average Bonchev–Trinajstić information content (AvgIpc) is 3.40. The van der Waals surface area contributed by atoms with E-state index in [-0.39, 0.29) is 5.91 Å². The Balaban J connectivity index is 1.53. The Hall–Kier alpha value is -4.35. The SMILES string of the molecule is CCc1cccc2sc(N(Cc3ccccc3)C(=O)c3cc(-c4ccccc4)nc4ccccc34)nc12. The van der Waals surface area contributed by atoms with Crippen molar-refractivity contribution in [2.45, 2.75) is 19.9 Å². The van der Waals surface area contributed by atoms with Gasteiger partial charge >= 0.3 is 0 Å². The van der Waals surface area contributed by atoms with Crippen LogP contribution in [0.4, 0.5) is 5.13 Å². The molecule has 0 atom stereocenters. The number of hydrogen-bond acceptors (Lipinski definition) is 4. The first-order valence-electron chi connectivity index (χ1n) is 12.4. The van der Waals surface area contributed by atoms with Crippen LogP contribution in [-0.4, -0.2) is 15.9 Å². The molecule has 0 saturated carbocycles. The van der Waals surface area contributed by atoms with E-state index >= 15 is 0 Å². The molecule has 4 nitrogen and oxygen atoms in total. The summed E-state index contributed by atoms with van der Waals surface area (Å²) in [4.78, 5) is 26.1. The smallest absolute Gasteiger partial charge is 0.261 e. The molecule has 0 aliphatic heterocycles. The summed E-state index contributed by atoms with van der Waals surface area (Å²) in [5.41, 5.74) is 6.38. The number of nitrogens with zero attached hydrogens (tertiary/aromatic N) is 3. The van der Waals surface area contributed by atoms with Crippen LogP contribution in [0, 0.1) is 0 Å². The molecule has 2 heterocycles. The van der Waals surface area contributed by atoms with E-state index in [2.05, 4.69) is 25.1 Å². The molecule has 0 saturated heterocycles. The minimum atomic E-state index is -0.0864. The van der Waals surface area contributed by atoms with Crippen molar-refractivity contribution in [3.8, 4) is 11.3 Å². The number of pyridine rings is 1. The molecular weight excluding hydrogens is 474 g/mol. The summed E-state index contributed by atoms with van der Waals surface area (Å²) in [7, 11) is 0. The Morgan fingerprint density at radius 2 is 1.54 bits per heavy atom. The van der Waals surface area contributed by atoms with Gasteiger partial charge < -0.3 is 0 Å². The highest BCUT2D eigenvalue weighted by Gasteiger charge is 2.25. The quantitative estimate of drug-likeness (QED) is 0.234. The lowest BCUT2D eigenvalue weighted by atomic mass is 10.0. The van der Waals surface area contributed by atoms with Crippen LogP contribution in [0.2, 0.25) is 0 Å². The van der Waals surface area contributed by atoms with E-state index in [1.807, 2.05) is 95.9 Å². The summed E-state index contributed by atoms with van der Waals surface area (Å²) in [6.07, 6.45) is 0.891. The van der Waals surface area contributed by atoms with Gasteiger partial charge in [-0.1, -0.05) is 109 Å². The lowest BCUT2D eigenvalue weighted by Gasteiger charge is -2.21. The van der Waals surface area contributed by atoms with Gasteiger partial charge in [-0.15, -0.1) is 0 Å². The maximum atomic E-state index is 14.4. The van der Waals surface area contributed by atoms with Crippen LogP contribution in [0.25, 0.3) is 32.4 Å². The van der Waals surface area contributed by atoms with Gasteiger partial charge in [-0.2, -0.15) is 0 Å². The predicted octanol–water partition coefficient (Wildman–Crippen LogP) is 7.92. The number of rotatable bonds is 6. The Morgan fingerprint density at radius 1 is 0.811 bits per heavy atom. The monoisotopic (exact) mass is 499 g/mol. The Morgan fingerprint density at radius 3 is 2.32 bits per heavy atom. The van der Waals surface area contributed by atoms with Crippen LogP contribution in [-0.2, 0) is 13.0 Å². The second kappa shape index (κ2) is 9.96. The minimum absolute atomic E-state index is 0.0864. The van der Waals surface area contributed by atoms with Gasteiger partial charge in [0.25, 0.3) is 5.91 Å². The Bertz CT molecular complexity index is 1710. The number of aromatic nitrogens is 2. The standard InChI is InChI=1S/C32H25N3OS/c1-2-23-16-11-19-29-30(23)34-32(37-29)35(21-22-12-5-3-6-13-22)31(36)26-20-28(24-14-7-4-8-15-24)33-27-18-10-9-17-25(26)27/h3-20H,2,21H2,1H3. The molecule has 4 aromatic carbocycles. The zero-order valence-corrected chi connectivity index (χ0v) is 21.3. The highest BCUT2D eigenvalue weighted by atomic mass is 32.1. The molecule has 1 amide bonds. The van der Waals surface area contributed by atoms with Crippen LogP contribution in [0.3, 0.4) is 0 Å². The van der Waals surface area contributed by atoms with Crippen molar-refractivity contribution in [2.24, 2.45) is 0 Å². The van der Waals surface area contributed by atoms with E-state index in [4.69, 9.17) is 9.97 Å². The third-order valence-electron chi connectivity index (χ3n) is 6.55. The topological polar surface area (TPSA) is 46.1 Å². The highest BCUT2D eigenvalue weighted by Crippen LogP contribution is 2.34. The van der Waals surface area contributed by atoms with Crippen LogP contribution in [0.5, 0.6) is 0 Å². The molecule has 0 unspecified atom stereocenters. The largest absolute Gasteiger partial charge is 0.279 e. The highest BCUT2D eigenvalue weighted by molar-refractivity contribution is 7.22. The van der Waals surface area contributed by atoms with Crippen LogP contribution < -0.4 is 4.90 Å². The van der Waals surface area contributed by atoms with Crippen molar-refractivity contribution >= 4 is 43.5 Å². The van der Waals surface area contributed by atoms with Gasteiger partial charge in [0, 0.05) is 10.9 Å². The fourth-order valence-corrected chi connectivity index (χ4v) is 5.65. The molecule has 180 valence electrons. The van der Waals surface area contributed by atoms with Gasteiger partial charge in [-0.05, 0) is 35.7 Å². The number of aryl methyl sites for hydroxylation is 1. The van der Waals surface area contributed by atoms with Crippen molar-refractivity contribution in [1.29, 1.82) is 0 Å². The average molecular weight is 500 g/mol. The third-order valence-corrected chi connectivity index (χ3v) is 7.59. The lowest BCUT2D eigenvalue weighted by Crippen LogP contribution is -2.30. The molecule has 6 rings (SSSR count). The fourth-order valence-electron chi connectivity index (χ4n) is 4.64. The van der Waals surface area contributed by atoms with E-state index in [1.165, 1.54) is 5.56 Å². The van der Waals surface area contributed by atoms with Crippen LogP contribution >= 0.6 is 11.3 Å². The number of anilines is 1. The number of amides is 1. The molecule has 0 spiro atoms. The van der Waals surface area contributed by atoms with Gasteiger partial charge in [-0.25, -0.2) is 9.97 Å².